The number of hydrogen-bond acceptors (Lipinski definition) is 5. The van der Waals surface area contributed by atoms with Crippen molar-refractivity contribution in [2.75, 3.05) is 14.2 Å². The van der Waals surface area contributed by atoms with Crippen LogP contribution in [0.1, 0.15) is 41.1 Å². The number of pyridine rings is 1. The first-order valence-electron chi connectivity index (χ1n) is 4.94. The Kier molecular flexibility index (Phi) is 2.89. The molecule has 0 fully saturated rings. The number of carbonyl (C=O) groups excluding carboxylic acids is 1. The van der Waals surface area contributed by atoms with Gasteiger partial charge in [0.05, 0.1) is 17.0 Å². The minimum absolute atomic E-state index is 0.309. The van der Waals surface area contributed by atoms with Gasteiger partial charge in [0.25, 0.3) is 0 Å². The Morgan fingerprint density at radius 1 is 1.38 bits per heavy atom. The molecule has 0 N–H and O–H groups in total. The van der Waals surface area contributed by atoms with Crippen LogP contribution in [0.3, 0.4) is 0 Å². The maximum Gasteiger partial charge on any atom is 0.340 e. The maximum absolute atomic E-state index is 11.4. The zero-order valence-corrected chi connectivity index (χ0v) is 9.39. The Labute approximate surface area is 93.3 Å². The molecule has 5 nitrogen and oxygen atoms in total. The molecule has 0 radical (unpaired) electrons. The molecule has 2 heterocycles. The lowest BCUT2D eigenvalue weighted by molar-refractivity contribution is -0.108. The number of hydrogen-bond donors (Lipinski definition) is 0. The van der Waals surface area contributed by atoms with E-state index >= 15 is 0 Å². The van der Waals surface area contributed by atoms with Crippen molar-refractivity contribution in [1.29, 1.82) is 0 Å². The number of esters is 1. The van der Waals surface area contributed by atoms with Crippen molar-refractivity contribution in [2.24, 2.45) is 0 Å². The normalized spacial score (nSPS) is 18.8. The van der Waals surface area contributed by atoms with Crippen LogP contribution in [0.25, 0.3) is 0 Å². The number of carbonyl (C=O) groups is 1. The summed E-state index contributed by atoms with van der Waals surface area (Å²) in [6.45, 7) is 1.79. The predicted octanol–water partition coefficient (Wildman–Crippen LogP) is 1.60. The Morgan fingerprint density at radius 3 is 2.69 bits per heavy atom. The zero-order chi connectivity index (χ0) is 11.7. The van der Waals surface area contributed by atoms with Crippen LogP contribution in [0.15, 0.2) is 12.1 Å². The molecule has 1 unspecified atom stereocenters. The highest BCUT2D eigenvalue weighted by Crippen LogP contribution is 2.29. The van der Waals surface area contributed by atoms with Crippen LogP contribution in [0, 0.1) is 0 Å². The Morgan fingerprint density at radius 2 is 2.06 bits per heavy atom. The van der Waals surface area contributed by atoms with Crippen LogP contribution in [0.2, 0.25) is 0 Å². The molecule has 16 heavy (non-hydrogen) atoms. The molecule has 1 aliphatic rings. The first-order chi connectivity index (χ1) is 7.67. The molecule has 0 spiro atoms. The summed E-state index contributed by atoms with van der Waals surface area (Å²) in [5.41, 5.74) is 1.79. The minimum Gasteiger partial charge on any atom is -0.452 e. The molecular weight excluding hydrogens is 210 g/mol. The van der Waals surface area contributed by atoms with Crippen LogP contribution >= 0.6 is 0 Å². The molecule has 0 aliphatic carbocycles. The van der Waals surface area contributed by atoms with Gasteiger partial charge in [0.2, 0.25) is 6.29 Å². The second kappa shape index (κ2) is 4.19. The van der Waals surface area contributed by atoms with Gasteiger partial charge in [-0.1, -0.05) is 0 Å². The van der Waals surface area contributed by atoms with Crippen LogP contribution in [-0.4, -0.2) is 25.2 Å². The molecule has 2 rings (SSSR count). The van der Waals surface area contributed by atoms with Crippen LogP contribution < -0.4 is 0 Å². The third-order valence-corrected chi connectivity index (χ3v) is 2.50. The fourth-order valence-electron chi connectivity index (χ4n) is 1.72. The largest absolute Gasteiger partial charge is 0.452 e. The number of cyclic esters (lactones) is 1. The monoisotopic (exact) mass is 223 g/mol. The van der Waals surface area contributed by atoms with Crippen LogP contribution in [0.5, 0.6) is 0 Å². The second-order valence-electron chi connectivity index (χ2n) is 3.52. The average Bonchev–Trinajstić information content (AvgIpc) is 2.57. The lowest BCUT2D eigenvalue weighted by Crippen LogP contribution is -2.08. The molecule has 0 saturated heterocycles. The van der Waals surface area contributed by atoms with Gasteiger partial charge >= 0.3 is 5.97 Å². The number of rotatable bonds is 3. The van der Waals surface area contributed by atoms with Crippen molar-refractivity contribution < 1.29 is 19.0 Å². The van der Waals surface area contributed by atoms with Gasteiger partial charge in [0, 0.05) is 14.2 Å². The molecule has 0 saturated carbocycles. The van der Waals surface area contributed by atoms with Gasteiger partial charge in [-0.05, 0) is 19.1 Å². The van der Waals surface area contributed by atoms with E-state index in [0.29, 0.717) is 17.0 Å². The smallest absolute Gasteiger partial charge is 0.340 e. The Balaban J connectivity index is 2.39. The maximum atomic E-state index is 11.4. The fraction of sp³-hybridized carbons (Fsp3) is 0.455. The van der Waals surface area contributed by atoms with E-state index in [-0.39, 0.29) is 12.1 Å². The Bertz CT molecular complexity index is 414. The SMILES string of the molecule is COC(OC)c1ccc2c(n1)C(C)OC2=O. The fourth-order valence-corrected chi connectivity index (χ4v) is 1.72. The van der Waals surface area contributed by atoms with Gasteiger partial charge in [-0.3, -0.25) is 0 Å². The zero-order valence-electron chi connectivity index (χ0n) is 9.39. The van der Waals surface area contributed by atoms with Crippen molar-refractivity contribution in [2.45, 2.75) is 19.3 Å². The summed E-state index contributed by atoms with van der Waals surface area (Å²) in [5.74, 6) is -0.326. The number of ether oxygens (including phenoxy) is 3. The van der Waals surface area contributed by atoms with Crippen LogP contribution in [-0.2, 0) is 14.2 Å². The highest BCUT2D eigenvalue weighted by molar-refractivity contribution is 5.93. The van der Waals surface area contributed by atoms with E-state index in [1.807, 2.05) is 0 Å². The number of methoxy groups -OCH3 is 2. The molecule has 0 bridgehead atoms. The third kappa shape index (κ3) is 1.68. The second-order valence-corrected chi connectivity index (χ2v) is 3.52. The van der Waals surface area contributed by atoms with Crippen molar-refractivity contribution in [3.63, 3.8) is 0 Å². The highest BCUT2D eigenvalue weighted by Gasteiger charge is 2.30. The highest BCUT2D eigenvalue weighted by atomic mass is 16.7. The number of aromatic nitrogens is 1. The van der Waals surface area contributed by atoms with Gasteiger partial charge < -0.3 is 14.2 Å². The van der Waals surface area contributed by atoms with E-state index in [2.05, 4.69) is 4.98 Å². The van der Waals surface area contributed by atoms with Gasteiger partial charge in [0.15, 0.2) is 0 Å². The average molecular weight is 223 g/mol. The van der Waals surface area contributed by atoms with Crippen molar-refractivity contribution in [3.05, 3.63) is 29.1 Å². The van der Waals surface area contributed by atoms with Gasteiger partial charge in [0.1, 0.15) is 6.10 Å². The quantitative estimate of drug-likeness (QED) is 0.575. The lowest BCUT2D eigenvalue weighted by atomic mass is 10.1. The van der Waals surface area contributed by atoms with Gasteiger partial charge in [-0.2, -0.15) is 0 Å². The molecule has 0 aromatic carbocycles. The van der Waals surface area contributed by atoms with Crippen molar-refractivity contribution in [3.8, 4) is 0 Å². The van der Waals surface area contributed by atoms with Gasteiger partial charge in [-0.15, -0.1) is 0 Å². The van der Waals surface area contributed by atoms with E-state index in [4.69, 9.17) is 14.2 Å². The van der Waals surface area contributed by atoms with E-state index in [9.17, 15) is 4.79 Å². The summed E-state index contributed by atoms with van der Waals surface area (Å²) in [6.07, 6.45) is -0.829. The van der Waals surface area contributed by atoms with Gasteiger partial charge in [-0.25, -0.2) is 9.78 Å². The number of nitrogens with zero attached hydrogens (tertiary/aromatic N) is 1. The molecule has 5 heteroatoms. The van der Waals surface area contributed by atoms with Crippen molar-refractivity contribution in [1.82, 2.24) is 4.98 Å². The molecule has 1 atom stereocenters. The summed E-state index contributed by atoms with van der Waals surface area (Å²) in [7, 11) is 3.07. The summed E-state index contributed by atoms with van der Waals surface area (Å²) in [4.78, 5) is 15.7. The molecule has 1 aromatic rings. The van der Waals surface area contributed by atoms with E-state index < -0.39 is 6.29 Å². The minimum atomic E-state index is -0.520. The summed E-state index contributed by atoms with van der Waals surface area (Å²) in [5, 5.41) is 0. The Hall–Kier alpha value is -1.46. The summed E-state index contributed by atoms with van der Waals surface area (Å²) >= 11 is 0. The van der Waals surface area contributed by atoms with E-state index in [0.717, 1.165) is 0 Å². The topological polar surface area (TPSA) is 57.6 Å². The molecule has 0 amide bonds. The summed E-state index contributed by atoms with van der Waals surface area (Å²) < 4.78 is 15.2. The van der Waals surface area contributed by atoms with E-state index in [1.54, 1.807) is 19.1 Å². The standard InChI is InChI=1S/C11H13NO4/c1-6-9-7(10(13)16-6)4-5-8(12-9)11(14-2)15-3/h4-6,11H,1-3H3. The first-order valence-corrected chi connectivity index (χ1v) is 4.94. The summed E-state index contributed by atoms with van der Waals surface area (Å²) in [6, 6.07) is 3.39. The molecule has 86 valence electrons. The molecular formula is C11H13NO4. The third-order valence-electron chi connectivity index (χ3n) is 2.50. The molecule has 1 aromatic heterocycles. The predicted molar refractivity (Wildman–Crippen MR) is 54.8 cm³/mol. The molecule has 1 aliphatic heterocycles. The van der Waals surface area contributed by atoms with Crippen LogP contribution in [0.4, 0.5) is 0 Å². The van der Waals surface area contributed by atoms with Crippen molar-refractivity contribution >= 4 is 5.97 Å². The first kappa shape index (κ1) is 11.0. The lowest BCUT2D eigenvalue weighted by Gasteiger charge is -2.13. The number of fused-ring (bicyclic) bond motifs is 1. The van der Waals surface area contributed by atoms with E-state index in [1.165, 1.54) is 14.2 Å².